The molecule has 144 valence electrons. The largest absolute Gasteiger partial charge is 0.492 e. The summed E-state index contributed by atoms with van der Waals surface area (Å²) in [6.07, 6.45) is 0.0903. The smallest absolute Gasteiger partial charge is 0.241 e. The number of nitrogens with two attached hydrogens (primary N) is 1. The first-order valence-corrected chi connectivity index (χ1v) is 8.66. The Labute approximate surface area is 158 Å². The molecule has 7 heteroatoms. The lowest BCUT2D eigenvalue weighted by Gasteiger charge is -2.25. The number of rotatable bonds is 10. The molecule has 0 atom stereocenters. The quantitative estimate of drug-likeness (QED) is 0.692. The molecule has 2 aromatic carbocycles. The summed E-state index contributed by atoms with van der Waals surface area (Å²) in [6, 6.07) is 15.1. The van der Waals surface area contributed by atoms with Gasteiger partial charge < -0.3 is 15.4 Å². The van der Waals surface area contributed by atoms with E-state index in [2.05, 4.69) is 0 Å². The van der Waals surface area contributed by atoms with Crippen molar-refractivity contribution in [3.05, 3.63) is 60.4 Å². The highest BCUT2D eigenvalue weighted by Crippen LogP contribution is 2.15. The zero-order chi connectivity index (χ0) is 19.6. The van der Waals surface area contributed by atoms with Gasteiger partial charge in [-0.15, -0.1) is 0 Å². The lowest BCUT2D eigenvalue weighted by Crippen LogP contribution is -2.41. The molecule has 6 nitrogen and oxygen atoms in total. The van der Waals surface area contributed by atoms with Crippen LogP contribution >= 0.6 is 0 Å². The van der Waals surface area contributed by atoms with Gasteiger partial charge in [-0.05, 0) is 31.3 Å². The number of hydrogen-bond acceptors (Lipinski definition) is 4. The van der Waals surface area contributed by atoms with Crippen LogP contribution in [0.1, 0.15) is 6.42 Å². The predicted molar refractivity (Wildman–Crippen MR) is 102 cm³/mol. The molecule has 0 bridgehead atoms. The molecule has 2 amide bonds. The van der Waals surface area contributed by atoms with Gasteiger partial charge in [0, 0.05) is 31.3 Å². The van der Waals surface area contributed by atoms with Crippen LogP contribution in [0.4, 0.5) is 10.1 Å². The molecule has 0 aliphatic heterocycles. The minimum atomic E-state index is -0.458. The van der Waals surface area contributed by atoms with Crippen LogP contribution in [-0.4, -0.2) is 50.0 Å². The zero-order valence-corrected chi connectivity index (χ0v) is 15.3. The summed E-state index contributed by atoms with van der Waals surface area (Å²) < 4.78 is 18.6. The number of carbonyl (C=O) groups is 2. The number of halogens is 1. The normalized spacial score (nSPS) is 10.6. The van der Waals surface area contributed by atoms with Gasteiger partial charge in [0.2, 0.25) is 11.8 Å². The number of nitrogens with zero attached hydrogens (tertiary/aromatic N) is 2. The molecule has 0 heterocycles. The maximum atomic E-state index is 13.1. The second-order valence-corrected chi connectivity index (χ2v) is 6.14. The van der Waals surface area contributed by atoms with E-state index in [0.717, 1.165) is 0 Å². The van der Waals surface area contributed by atoms with E-state index < -0.39 is 5.91 Å². The SMILES string of the molecule is CN(CCOc1cccc(F)c1)CC(=O)N(CCC(N)=O)c1ccccc1. The topological polar surface area (TPSA) is 75.9 Å². The number of primary amides is 1. The van der Waals surface area contributed by atoms with Crippen molar-refractivity contribution in [2.75, 3.05) is 38.2 Å². The summed E-state index contributed by atoms with van der Waals surface area (Å²) in [7, 11) is 1.80. The third kappa shape index (κ3) is 7.07. The van der Waals surface area contributed by atoms with Crippen molar-refractivity contribution in [2.24, 2.45) is 5.73 Å². The first kappa shape index (κ1) is 20.4. The van der Waals surface area contributed by atoms with E-state index in [1.165, 1.54) is 12.1 Å². The molecule has 0 aliphatic rings. The summed E-state index contributed by atoms with van der Waals surface area (Å²) in [4.78, 5) is 27.2. The lowest BCUT2D eigenvalue weighted by molar-refractivity contribution is -0.119. The van der Waals surface area contributed by atoms with Crippen molar-refractivity contribution in [1.82, 2.24) is 4.90 Å². The van der Waals surface area contributed by atoms with Gasteiger partial charge in [0.15, 0.2) is 0 Å². The second-order valence-electron chi connectivity index (χ2n) is 6.14. The predicted octanol–water partition coefficient (Wildman–Crippen LogP) is 2.04. The Balaban J connectivity index is 1.88. The van der Waals surface area contributed by atoms with Gasteiger partial charge in [-0.3, -0.25) is 14.5 Å². The molecule has 0 aromatic heterocycles. The molecule has 0 saturated carbocycles. The third-order valence-corrected chi connectivity index (χ3v) is 3.89. The van der Waals surface area contributed by atoms with Crippen molar-refractivity contribution in [3.63, 3.8) is 0 Å². The fourth-order valence-corrected chi connectivity index (χ4v) is 2.50. The Hall–Kier alpha value is -2.93. The minimum Gasteiger partial charge on any atom is -0.492 e. The fraction of sp³-hybridized carbons (Fsp3) is 0.300. The summed E-state index contributed by atoms with van der Waals surface area (Å²) in [5.74, 6) is -0.512. The summed E-state index contributed by atoms with van der Waals surface area (Å²) in [5.41, 5.74) is 5.94. The van der Waals surface area contributed by atoms with Crippen LogP contribution in [0.5, 0.6) is 5.75 Å². The molecular formula is C20H24FN3O3. The van der Waals surface area contributed by atoms with E-state index in [9.17, 15) is 14.0 Å². The Bertz CT molecular complexity index is 755. The summed E-state index contributed by atoms with van der Waals surface area (Å²) >= 11 is 0. The number of ether oxygens (including phenoxy) is 1. The minimum absolute atomic E-state index is 0.0903. The van der Waals surface area contributed by atoms with Crippen molar-refractivity contribution in [2.45, 2.75) is 6.42 Å². The molecule has 0 aliphatic carbocycles. The average Bonchev–Trinajstić information content (AvgIpc) is 2.62. The van der Waals surface area contributed by atoms with E-state index in [0.29, 0.717) is 24.6 Å². The Morgan fingerprint density at radius 2 is 1.81 bits per heavy atom. The van der Waals surface area contributed by atoms with Gasteiger partial charge in [0.25, 0.3) is 0 Å². The molecule has 0 fully saturated rings. The van der Waals surface area contributed by atoms with Crippen LogP contribution in [0.3, 0.4) is 0 Å². The van der Waals surface area contributed by atoms with Gasteiger partial charge in [0.05, 0.1) is 6.54 Å². The van der Waals surface area contributed by atoms with Crippen LogP contribution in [-0.2, 0) is 9.59 Å². The molecule has 27 heavy (non-hydrogen) atoms. The van der Waals surface area contributed by atoms with E-state index >= 15 is 0 Å². The molecule has 2 aromatic rings. The van der Waals surface area contributed by atoms with Gasteiger partial charge in [-0.25, -0.2) is 4.39 Å². The monoisotopic (exact) mass is 373 g/mol. The second kappa shape index (κ2) is 10.3. The van der Waals surface area contributed by atoms with Gasteiger partial charge in [-0.2, -0.15) is 0 Å². The van der Waals surface area contributed by atoms with Crippen LogP contribution in [0.2, 0.25) is 0 Å². The zero-order valence-electron chi connectivity index (χ0n) is 15.3. The van der Waals surface area contributed by atoms with E-state index in [1.807, 2.05) is 35.2 Å². The van der Waals surface area contributed by atoms with Crippen molar-refractivity contribution in [3.8, 4) is 5.75 Å². The van der Waals surface area contributed by atoms with Gasteiger partial charge in [0.1, 0.15) is 18.2 Å². The lowest BCUT2D eigenvalue weighted by atomic mass is 10.2. The van der Waals surface area contributed by atoms with E-state index in [1.54, 1.807) is 24.1 Å². The number of amides is 2. The highest BCUT2D eigenvalue weighted by Gasteiger charge is 2.18. The third-order valence-electron chi connectivity index (χ3n) is 3.89. The standard InChI is InChI=1S/C20H24FN3O3/c1-23(12-13-27-18-9-5-6-16(21)14-18)15-20(26)24(11-10-19(22)25)17-7-3-2-4-8-17/h2-9,14H,10-13,15H2,1H3,(H2,22,25). The molecule has 0 spiro atoms. The number of anilines is 1. The highest BCUT2D eigenvalue weighted by molar-refractivity contribution is 5.95. The fourth-order valence-electron chi connectivity index (χ4n) is 2.50. The molecular weight excluding hydrogens is 349 g/mol. The van der Waals surface area contributed by atoms with Gasteiger partial charge >= 0.3 is 0 Å². The first-order valence-electron chi connectivity index (χ1n) is 8.66. The molecule has 0 unspecified atom stereocenters. The Kier molecular flexibility index (Phi) is 7.76. The summed E-state index contributed by atoms with van der Waals surface area (Å²) in [6.45, 7) is 1.19. The van der Waals surface area contributed by atoms with Gasteiger partial charge in [-0.1, -0.05) is 24.3 Å². The van der Waals surface area contributed by atoms with Crippen LogP contribution in [0, 0.1) is 5.82 Å². The number of likely N-dealkylation sites (N-methyl/N-ethyl adjacent to an activating group) is 1. The molecule has 0 radical (unpaired) electrons. The van der Waals surface area contributed by atoms with Crippen molar-refractivity contribution in [1.29, 1.82) is 0 Å². The van der Waals surface area contributed by atoms with E-state index in [-0.39, 0.29) is 31.2 Å². The van der Waals surface area contributed by atoms with Crippen molar-refractivity contribution < 1.29 is 18.7 Å². The number of carbonyl (C=O) groups excluding carboxylic acids is 2. The highest BCUT2D eigenvalue weighted by atomic mass is 19.1. The molecule has 2 N–H and O–H groups in total. The van der Waals surface area contributed by atoms with Crippen LogP contribution < -0.4 is 15.4 Å². The Morgan fingerprint density at radius 1 is 1.07 bits per heavy atom. The molecule has 0 saturated heterocycles. The Morgan fingerprint density at radius 3 is 2.48 bits per heavy atom. The van der Waals surface area contributed by atoms with Crippen LogP contribution in [0.15, 0.2) is 54.6 Å². The number of para-hydroxylation sites is 1. The maximum Gasteiger partial charge on any atom is 0.241 e. The summed E-state index contributed by atoms with van der Waals surface area (Å²) in [5, 5.41) is 0. The van der Waals surface area contributed by atoms with Crippen LogP contribution in [0.25, 0.3) is 0 Å². The maximum absolute atomic E-state index is 13.1. The molecule has 2 rings (SSSR count). The first-order chi connectivity index (χ1) is 13.0. The number of benzene rings is 2. The van der Waals surface area contributed by atoms with E-state index in [4.69, 9.17) is 10.5 Å². The number of hydrogen-bond donors (Lipinski definition) is 1. The van der Waals surface area contributed by atoms with Crippen molar-refractivity contribution >= 4 is 17.5 Å². The average molecular weight is 373 g/mol.